The molecular formula is C12H12F3NO4S. The second-order valence-corrected chi connectivity index (χ2v) is 5.55. The number of esters is 1. The van der Waals surface area contributed by atoms with E-state index in [2.05, 4.69) is 9.13 Å². The summed E-state index contributed by atoms with van der Waals surface area (Å²) in [5.74, 6) is -1.83. The monoisotopic (exact) mass is 323 g/mol. The van der Waals surface area contributed by atoms with Gasteiger partial charge in [0.2, 0.25) is 5.71 Å². The molecule has 116 valence electrons. The SMILES string of the molecule is CCOC(=O)/C(=N\S(=O)(=O)c1ccc(C)cc1)C(F)(F)F. The average molecular weight is 323 g/mol. The summed E-state index contributed by atoms with van der Waals surface area (Å²) in [5, 5.41) is 0. The van der Waals surface area contributed by atoms with E-state index in [1.54, 1.807) is 6.92 Å². The van der Waals surface area contributed by atoms with Gasteiger partial charge in [-0.25, -0.2) is 4.79 Å². The average Bonchev–Trinajstić information content (AvgIpc) is 2.35. The van der Waals surface area contributed by atoms with Crippen LogP contribution in [0.2, 0.25) is 0 Å². The molecule has 0 aliphatic rings. The maximum absolute atomic E-state index is 12.7. The molecule has 0 spiro atoms. The van der Waals surface area contributed by atoms with Gasteiger partial charge < -0.3 is 4.74 Å². The standard InChI is InChI=1S/C12H12F3NO4S/c1-3-20-11(17)10(12(13,14)15)16-21(18,19)9-6-4-8(2)5-7-9/h4-7H,3H2,1-2H3/b16-10+. The Balaban J connectivity index is 3.32. The molecule has 1 rings (SSSR count). The fraction of sp³-hybridized carbons (Fsp3) is 0.333. The minimum Gasteiger partial charge on any atom is -0.461 e. The van der Waals surface area contributed by atoms with Crippen LogP contribution in [0.25, 0.3) is 0 Å². The third-order valence-electron chi connectivity index (χ3n) is 2.27. The summed E-state index contributed by atoms with van der Waals surface area (Å²) in [7, 11) is -4.66. The Kier molecular flexibility index (Phi) is 5.10. The zero-order valence-corrected chi connectivity index (χ0v) is 12.0. The molecule has 0 radical (unpaired) electrons. The number of hydrogen-bond donors (Lipinski definition) is 0. The van der Waals surface area contributed by atoms with E-state index in [0.717, 1.165) is 17.7 Å². The van der Waals surface area contributed by atoms with E-state index in [1.807, 2.05) is 0 Å². The quantitative estimate of drug-likeness (QED) is 0.629. The Morgan fingerprint density at radius 2 is 1.76 bits per heavy atom. The second-order valence-electron chi connectivity index (χ2n) is 3.95. The molecule has 0 amide bonds. The van der Waals surface area contributed by atoms with Crippen LogP contribution in [0, 0.1) is 6.92 Å². The topological polar surface area (TPSA) is 72.8 Å². The summed E-state index contributed by atoms with van der Waals surface area (Å²) in [6.07, 6.45) is -5.23. The van der Waals surface area contributed by atoms with Gasteiger partial charge in [0.25, 0.3) is 10.0 Å². The van der Waals surface area contributed by atoms with Crippen molar-refractivity contribution in [2.75, 3.05) is 6.61 Å². The third-order valence-corrected chi connectivity index (χ3v) is 3.56. The van der Waals surface area contributed by atoms with Gasteiger partial charge in [-0.3, -0.25) is 0 Å². The molecule has 0 saturated carbocycles. The van der Waals surface area contributed by atoms with Crippen LogP contribution in [0.3, 0.4) is 0 Å². The lowest BCUT2D eigenvalue weighted by Crippen LogP contribution is -2.33. The van der Waals surface area contributed by atoms with Gasteiger partial charge in [0.05, 0.1) is 11.5 Å². The van der Waals surface area contributed by atoms with Crippen molar-refractivity contribution in [1.29, 1.82) is 0 Å². The van der Waals surface area contributed by atoms with Gasteiger partial charge in [0.1, 0.15) is 0 Å². The van der Waals surface area contributed by atoms with Crippen molar-refractivity contribution in [2.45, 2.75) is 24.9 Å². The summed E-state index contributed by atoms with van der Waals surface area (Å²) in [5.41, 5.74) is -1.38. The number of alkyl halides is 3. The molecule has 1 aromatic rings. The van der Waals surface area contributed by atoms with E-state index in [1.165, 1.54) is 19.1 Å². The fourth-order valence-corrected chi connectivity index (χ4v) is 2.29. The highest BCUT2D eigenvalue weighted by Crippen LogP contribution is 2.22. The first-order chi connectivity index (χ1) is 9.58. The molecule has 5 nitrogen and oxygen atoms in total. The summed E-state index contributed by atoms with van der Waals surface area (Å²) >= 11 is 0. The molecule has 0 bridgehead atoms. The van der Waals surface area contributed by atoms with Crippen molar-refractivity contribution < 1.29 is 31.1 Å². The molecule has 1 aromatic carbocycles. The molecule has 0 saturated heterocycles. The predicted molar refractivity (Wildman–Crippen MR) is 68.5 cm³/mol. The van der Waals surface area contributed by atoms with E-state index < -0.39 is 32.8 Å². The van der Waals surface area contributed by atoms with Gasteiger partial charge >= 0.3 is 12.1 Å². The summed E-state index contributed by atoms with van der Waals surface area (Å²) in [6, 6.07) is 5.01. The van der Waals surface area contributed by atoms with Crippen molar-refractivity contribution in [1.82, 2.24) is 0 Å². The lowest BCUT2D eigenvalue weighted by atomic mass is 10.2. The van der Waals surface area contributed by atoms with E-state index >= 15 is 0 Å². The second kappa shape index (κ2) is 6.25. The number of benzene rings is 1. The van der Waals surface area contributed by atoms with Crippen molar-refractivity contribution in [2.24, 2.45) is 4.40 Å². The predicted octanol–water partition coefficient (Wildman–Crippen LogP) is 2.25. The molecule has 0 aliphatic heterocycles. The van der Waals surface area contributed by atoms with Crippen molar-refractivity contribution in [3.05, 3.63) is 29.8 Å². The van der Waals surface area contributed by atoms with Crippen LogP contribution in [-0.4, -0.2) is 32.9 Å². The summed E-state index contributed by atoms with van der Waals surface area (Å²) in [6.45, 7) is 2.64. The third kappa shape index (κ3) is 4.55. The van der Waals surface area contributed by atoms with Crippen molar-refractivity contribution >= 4 is 21.7 Å². The first-order valence-corrected chi connectivity index (χ1v) is 7.18. The maximum atomic E-state index is 12.7. The molecule has 9 heteroatoms. The van der Waals surface area contributed by atoms with Crippen LogP contribution in [0.5, 0.6) is 0 Å². The number of aryl methyl sites for hydroxylation is 1. The number of nitrogens with zero attached hydrogens (tertiary/aromatic N) is 1. The smallest absolute Gasteiger partial charge is 0.441 e. The highest BCUT2D eigenvalue weighted by Gasteiger charge is 2.43. The normalized spacial score (nSPS) is 13.1. The first-order valence-electron chi connectivity index (χ1n) is 5.74. The van der Waals surface area contributed by atoms with Crippen LogP contribution in [-0.2, 0) is 19.6 Å². The number of carbonyl (C=O) groups excluding carboxylic acids is 1. The first kappa shape index (κ1) is 17.2. The highest BCUT2D eigenvalue weighted by atomic mass is 32.2. The van der Waals surface area contributed by atoms with Crippen LogP contribution < -0.4 is 0 Å². The Bertz CT molecular complexity index is 648. The Labute approximate surface area is 119 Å². The summed E-state index contributed by atoms with van der Waals surface area (Å²) in [4.78, 5) is 10.8. The number of rotatable bonds is 4. The summed E-state index contributed by atoms with van der Waals surface area (Å²) < 4.78 is 68.5. The van der Waals surface area contributed by atoms with Gasteiger partial charge in [0, 0.05) is 0 Å². The van der Waals surface area contributed by atoms with Gasteiger partial charge in [0.15, 0.2) is 0 Å². The van der Waals surface area contributed by atoms with Crippen LogP contribution >= 0.6 is 0 Å². The van der Waals surface area contributed by atoms with E-state index in [0.29, 0.717) is 0 Å². The molecule has 0 atom stereocenters. The van der Waals surface area contributed by atoms with E-state index in [9.17, 15) is 26.4 Å². The number of sulfonamides is 1. The molecule has 0 fully saturated rings. The van der Waals surface area contributed by atoms with Crippen LogP contribution in [0.15, 0.2) is 33.6 Å². The Morgan fingerprint density at radius 3 is 2.19 bits per heavy atom. The van der Waals surface area contributed by atoms with Crippen molar-refractivity contribution in [3.63, 3.8) is 0 Å². The number of hydrogen-bond acceptors (Lipinski definition) is 4. The minimum atomic E-state index is -5.23. The van der Waals surface area contributed by atoms with E-state index in [-0.39, 0.29) is 6.61 Å². The lowest BCUT2D eigenvalue weighted by molar-refractivity contribution is -0.139. The Hall–Kier alpha value is -1.90. The number of halogens is 3. The zero-order valence-electron chi connectivity index (χ0n) is 11.1. The largest absolute Gasteiger partial charge is 0.461 e. The van der Waals surface area contributed by atoms with Crippen LogP contribution in [0.4, 0.5) is 13.2 Å². The fourth-order valence-electron chi connectivity index (χ4n) is 1.29. The molecule has 0 heterocycles. The van der Waals surface area contributed by atoms with Crippen LogP contribution in [0.1, 0.15) is 12.5 Å². The van der Waals surface area contributed by atoms with Crippen molar-refractivity contribution in [3.8, 4) is 0 Å². The lowest BCUT2D eigenvalue weighted by Gasteiger charge is -2.09. The maximum Gasteiger partial charge on any atom is 0.441 e. The molecule has 0 aromatic heterocycles. The van der Waals surface area contributed by atoms with Gasteiger partial charge in [-0.15, -0.1) is 4.40 Å². The van der Waals surface area contributed by atoms with Gasteiger partial charge in [-0.2, -0.15) is 21.6 Å². The van der Waals surface area contributed by atoms with E-state index in [4.69, 9.17) is 0 Å². The number of ether oxygens (including phenoxy) is 1. The molecule has 0 N–H and O–H groups in total. The zero-order chi connectivity index (χ0) is 16.3. The number of carbonyl (C=O) groups is 1. The Morgan fingerprint density at radius 1 is 1.24 bits per heavy atom. The molecule has 0 unspecified atom stereocenters. The van der Waals surface area contributed by atoms with Gasteiger partial charge in [-0.05, 0) is 26.0 Å². The highest BCUT2D eigenvalue weighted by molar-refractivity contribution is 7.90. The molecular weight excluding hydrogens is 311 g/mol. The van der Waals surface area contributed by atoms with Gasteiger partial charge in [-0.1, -0.05) is 17.7 Å². The molecule has 21 heavy (non-hydrogen) atoms. The molecule has 0 aliphatic carbocycles. The minimum absolute atomic E-state index is 0.335.